The molecule has 0 unspecified atom stereocenters. The van der Waals surface area contributed by atoms with Crippen LogP contribution in [0.5, 0.6) is 0 Å². The third kappa shape index (κ3) is 1.78. The number of carbonyl (C=O) groups is 1. The van der Waals surface area contributed by atoms with Crippen molar-refractivity contribution in [1.29, 1.82) is 0 Å². The molecule has 0 bridgehead atoms. The lowest BCUT2D eigenvalue weighted by atomic mass is 10.3. The van der Waals surface area contributed by atoms with Gasteiger partial charge in [-0.2, -0.15) is 13.2 Å². The van der Waals surface area contributed by atoms with Crippen LogP contribution in [0.3, 0.4) is 0 Å². The third-order valence-electron chi connectivity index (χ3n) is 1.68. The number of hydrogen-bond donors (Lipinski definition) is 0. The fourth-order valence-electron chi connectivity index (χ4n) is 1.07. The first-order chi connectivity index (χ1) is 5.41. The molecule has 5 heteroatoms. The van der Waals surface area contributed by atoms with E-state index in [1.54, 1.807) is 0 Å². The van der Waals surface area contributed by atoms with Crippen LogP contribution in [0.4, 0.5) is 13.2 Å². The van der Waals surface area contributed by atoms with Gasteiger partial charge in [0.2, 0.25) is 0 Å². The van der Waals surface area contributed by atoms with E-state index in [1.807, 2.05) is 0 Å². The number of amides is 1. The Bertz CT molecular complexity index is 221. The molecule has 1 rings (SSSR count). The summed E-state index contributed by atoms with van der Waals surface area (Å²) in [4.78, 5) is 11.3. The molecule has 2 nitrogen and oxygen atoms in total. The van der Waals surface area contributed by atoms with Gasteiger partial charge in [0.1, 0.15) is 0 Å². The van der Waals surface area contributed by atoms with Gasteiger partial charge in [-0.15, -0.1) is 0 Å². The van der Waals surface area contributed by atoms with Crippen LogP contribution in [0, 0.1) is 0 Å². The summed E-state index contributed by atoms with van der Waals surface area (Å²) in [5.74, 6) is -1.76. The maximum atomic E-state index is 11.8. The van der Waals surface area contributed by atoms with Crippen LogP contribution in [0.15, 0.2) is 12.2 Å². The lowest BCUT2D eigenvalue weighted by molar-refractivity contribution is -0.184. The number of halogens is 3. The fraction of sp³-hybridized carbons (Fsp3) is 0.571. The van der Waals surface area contributed by atoms with Gasteiger partial charge < -0.3 is 4.90 Å². The van der Waals surface area contributed by atoms with Crippen LogP contribution < -0.4 is 0 Å². The van der Waals surface area contributed by atoms with Crippen molar-refractivity contribution in [3.05, 3.63) is 12.2 Å². The molecule has 0 radical (unpaired) electrons. The van der Waals surface area contributed by atoms with Gasteiger partial charge >= 0.3 is 12.1 Å². The van der Waals surface area contributed by atoms with Crippen molar-refractivity contribution in [2.75, 3.05) is 13.1 Å². The van der Waals surface area contributed by atoms with E-state index in [9.17, 15) is 18.0 Å². The summed E-state index contributed by atoms with van der Waals surface area (Å²) in [6, 6.07) is 0. The van der Waals surface area contributed by atoms with Crippen molar-refractivity contribution in [3.8, 4) is 0 Å². The summed E-state index contributed by atoms with van der Waals surface area (Å²) in [6.07, 6.45) is -4.27. The van der Waals surface area contributed by atoms with E-state index in [4.69, 9.17) is 0 Å². The quantitative estimate of drug-likeness (QED) is 0.514. The zero-order valence-corrected chi connectivity index (χ0v) is 6.32. The Balaban J connectivity index is 2.61. The molecule has 1 fully saturated rings. The molecule has 1 amide bonds. The first-order valence-corrected chi connectivity index (χ1v) is 3.44. The highest BCUT2D eigenvalue weighted by Gasteiger charge is 2.43. The highest BCUT2D eigenvalue weighted by atomic mass is 19.4. The molecule has 1 heterocycles. The summed E-state index contributed by atoms with van der Waals surface area (Å²) < 4.78 is 35.4. The summed E-state index contributed by atoms with van der Waals surface area (Å²) in [5, 5.41) is 0. The van der Waals surface area contributed by atoms with Crippen molar-refractivity contribution in [1.82, 2.24) is 4.90 Å². The lowest BCUT2D eigenvalue weighted by Gasteiger charge is -2.16. The first kappa shape index (κ1) is 9.09. The summed E-state index contributed by atoms with van der Waals surface area (Å²) >= 11 is 0. The van der Waals surface area contributed by atoms with E-state index in [-0.39, 0.29) is 13.1 Å². The van der Waals surface area contributed by atoms with Gasteiger partial charge in [-0.25, -0.2) is 0 Å². The van der Waals surface area contributed by atoms with Crippen molar-refractivity contribution >= 4 is 5.91 Å². The largest absolute Gasteiger partial charge is 0.471 e. The minimum absolute atomic E-state index is 0.0400. The second kappa shape index (κ2) is 2.80. The minimum atomic E-state index is -4.75. The molecule has 12 heavy (non-hydrogen) atoms. The molecule has 1 aliphatic rings. The van der Waals surface area contributed by atoms with Gasteiger partial charge in [-0.05, 0) is 6.42 Å². The number of rotatable bonds is 0. The van der Waals surface area contributed by atoms with E-state index >= 15 is 0 Å². The Morgan fingerprint density at radius 3 is 2.42 bits per heavy atom. The first-order valence-electron chi connectivity index (χ1n) is 3.44. The maximum absolute atomic E-state index is 11.8. The summed E-state index contributed by atoms with van der Waals surface area (Å²) in [5.41, 5.74) is 0.674. The number of hydrogen-bond acceptors (Lipinski definition) is 1. The van der Waals surface area contributed by atoms with E-state index in [2.05, 4.69) is 6.58 Å². The second-order valence-electron chi connectivity index (χ2n) is 2.72. The van der Waals surface area contributed by atoms with E-state index in [0.717, 1.165) is 4.90 Å². The van der Waals surface area contributed by atoms with Crippen molar-refractivity contribution < 1.29 is 18.0 Å². The Labute approximate surface area is 67.7 Å². The van der Waals surface area contributed by atoms with Gasteiger partial charge in [-0.3, -0.25) is 4.79 Å². The molecule has 0 N–H and O–H groups in total. The molecule has 0 atom stereocenters. The highest BCUT2D eigenvalue weighted by molar-refractivity contribution is 5.82. The molecular formula is C7H8F3NO. The molecule has 1 saturated heterocycles. The van der Waals surface area contributed by atoms with Crippen molar-refractivity contribution in [2.45, 2.75) is 12.6 Å². The monoisotopic (exact) mass is 179 g/mol. The van der Waals surface area contributed by atoms with Gasteiger partial charge in [0.25, 0.3) is 0 Å². The van der Waals surface area contributed by atoms with Crippen LogP contribution in [-0.2, 0) is 4.79 Å². The van der Waals surface area contributed by atoms with Crippen LogP contribution in [0.25, 0.3) is 0 Å². The van der Waals surface area contributed by atoms with Crippen molar-refractivity contribution in [2.24, 2.45) is 0 Å². The molecule has 0 saturated carbocycles. The third-order valence-corrected chi connectivity index (χ3v) is 1.68. The van der Waals surface area contributed by atoms with Crippen LogP contribution in [0.2, 0.25) is 0 Å². The lowest BCUT2D eigenvalue weighted by Crippen LogP contribution is -2.39. The zero-order chi connectivity index (χ0) is 9.35. The molecule has 1 aliphatic heterocycles. The zero-order valence-electron chi connectivity index (χ0n) is 6.32. The van der Waals surface area contributed by atoms with Gasteiger partial charge in [0.15, 0.2) is 0 Å². The van der Waals surface area contributed by atoms with Gasteiger partial charge in [0, 0.05) is 13.1 Å². The predicted octanol–water partition coefficient (Wildman–Crippen LogP) is 1.34. The van der Waals surface area contributed by atoms with Gasteiger partial charge in [-0.1, -0.05) is 12.2 Å². The molecule has 0 aromatic rings. The van der Waals surface area contributed by atoms with E-state index in [0.29, 0.717) is 12.0 Å². The highest BCUT2D eigenvalue weighted by Crippen LogP contribution is 2.22. The van der Waals surface area contributed by atoms with Crippen LogP contribution >= 0.6 is 0 Å². The molecule has 0 aliphatic carbocycles. The Morgan fingerprint density at radius 1 is 1.50 bits per heavy atom. The number of carbonyl (C=O) groups excluding carboxylic acids is 1. The summed E-state index contributed by atoms with van der Waals surface area (Å²) in [7, 11) is 0. The topological polar surface area (TPSA) is 20.3 Å². The number of nitrogens with zero attached hydrogens (tertiary/aromatic N) is 1. The van der Waals surface area contributed by atoms with Gasteiger partial charge in [0.05, 0.1) is 0 Å². The van der Waals surface area contributed by atoms with Crippen LogP contribution in [0.1, 0.15) is 6.42 Å². The average Bonchev–Trinajstić information content (AvgIpc) is 2.32. The van der Waals surface area contributed by atoms with E-state index in [1.165, 1.54) is 0 Å². The standard InChI is InChI=1S/C7H8F3NO/c1-5-2-3-11(4-5)6(12)7(8,9)10/h1-4H2. The Hall–Kier alpha value is -1.00. The smallest absolute Gasteiger partial charge is 0.331 e. The van der Waals surface area contributed by atoms with Crippen molar-refractivity contribution in [3.63, 3.8) is 0 Å². The normalized spacial score (nSPS) is 18.6. The average molecular weight is 179 g/mol. The maximum Gasteiger partial charge on any atom is 0.471 e. The molecule has 0 aromatic heterocycles. The van der Waals surface area contributed by atoms with E-state index < -0.39 is 12.1 Å². The number of alkyl halides is 3. The minimum Gasteiger partial charge on any atom is -0.331 e. The number of likely N-dealkylation sites (tertiary alicyclic amines) is 1. The SMILES string of the molecule is C=C1CCN(C(=O)C(F)(F)F)C1. The summed E-state index contributed by atoms with van der Waals surface area (Å²) in [6.45, 7) is 3.68. The Kier molecular flexibility index (Phi) is 2.12. The second-order valence-corrected chi connectivity index (χ2v) is 2.72. The molecule has 0 spiro atoms. The Morgan fingerprint density at radius 2 is 2.08 bits per heavy atom. The fourth-order valence-corrected chi connectivity index (χ4v) is 1.07. The molecular weight excluding hydrogens is 171 g/mol. The predicted molar refractivity (Wildman–Crippen MR) is 36.4 cm³/mol. The van der Waals surface area contributed by atoms with Crippen LogP contribution in [-0.4, -0.2) is 30.1 Å². The molecule has 68 valence electrons. The molecule has 0 aromatic carbocycles.